The van der Waals surface area contributed by atoms with E-state index in [4.69, 9.17) is 0 Å². The highest BCUT2D eigenvalue weighted by atomic mass is 16.2. The first-order chi connectivity index (χ1) is 11.0. The molecule has 23 heavy (non-hydrogen) atoms. The van der Waals surface area contributed by atoms with Crippen LogP contribution < -0.4 is 4.90 Å². The quantitative estimate of drug-likeness (QED) is 0.750. The molecule has 0 radical (unpaired) electrons. The van der Waals surface area contributed by atoms with Crippen LogP contribution in [0.25, 0.3) is 0 Å². The maximum atomic E-state index is 12.3. The van der Waals surface area contributed by atoms with Crippen LogP contribution in [0.4, 0.5) is 5.82 Å². The van der Waals surface area contributed by atoms with Crippen LogP contribution in [0.2, 0.25) is 0 Å². The first-order valence-electron chi connectivity index (χ1n) is 8.15. The highest BCUT2D eigenvalue weighted by Crippen LogP contribution is 2.22. The standard InChI is InChI=1S/C16H23N5O2/c1-4-21-15(22)10-13(16(21)23)19-5-7-20(8-6-19)14-9-11(2)17-12(3)18-14/h9,13H,4-8,10H2,1-3H3. The molecule has 0 spiro atoms. The van der Waals surface area contributed by atoms with Gasteiger partial charge in [-0.25, -0.2) is 9.97 Å². The van der Waals surface area contributed by atoms with E-state index in [0.29, 0.717) is 13.0 Å². The van der Waals surface area contributed by atoms with Gasteiger partial charge in [-0.2, -0.15) is 0 Å². The average molecular weight is 317 g/mol. The first kappa shape index (κ1) is 15.9. The summed E-state index contributed by atoms with van der Waals surface area (Å²) in [6.07, 6.45) is 0.318. The molecule has 1 unspecified atom stereocenters. The average Bonchev–Trinajstić information content (AvgIpc) is 2.80. The number of hydrogen-bond acceptors (Lipinski definition) is 6. The van der Waals surface area contributed by atoms with E-state index < -0.39 is 0 Å². The van der Waals surface area contributed by atoms with Gasteiger partial charge in [-0.05, 0) is 20.8 Å². The third kappa shape index (κ3) is 3.06. The maximum absolute atomic E-state index is 12.3. The molecule has 3 rings (SSSR count). The molecule has 0 aliphatic carbocycles. The van der Waals surface area contributed by atoms with Crippen molar-refractivity contribution in [3.05, 3.63) is 17.6 Å². The fraction of sp³-hybridized carbons (Fsp3) is 0.625. The van der Waals surface area contributed by atoms with Crippen LogP contribution in [0.3, 0.4) is 0 Å². The van der Waals surface area contributed by atoms with E-state index in [9.17, 15) is 9.59 Å². The number of anilines is 1. The third-order valence-corrected chi connectivity index (χ3v) is 4.57. The molecule has 3 heterocycles. The van der Waals surface area contributed by atoms with Gasteiger partial charge in [-0.3, -0.25) is 19.4 Å². The fourth-order valence-corrected chi connectivity index (χ4v) is 3.41. The number of hydrogen-bond donors (Lipinski definition) is 0. The lowest BCUT2D eigenvalue weighted by molar-refractivity contribution is -0.139. The molecule has 1 aromatic rings. The fourth-order valence-electron chi connectivity index (χ4n) is 3.41. The molecule has 7 nitrogen and oxygen atoms in total. The zero-order valence-corrected chi connectivity index (χ0v) is 13.9. The van der Waals surface area contributed by atoms with Crippen molar-refractivity contribution >= 4 is 17.6 Å². The molecular formula is C16H23N5O2. The minimum Gasteiger partial charge on any atom is -0.354 e. The van der Waals surface area contributed by atoms with Crippen molar-refractivity contribution in [1.82, 2.24) is 19.8 Å². The monoisotopic (exact) mass is 317 g/mol. The van der Waals surface area contributed by atoms with Crippen LogP contribution in [0, 0.1) is 13.8 Å². The lowest BCUT2D eigenvalue weighted by atomic mass is 10.1. The number of carbonyl (C=O) groups is 2. The Kier molecular flexibility index (Phi) is 4.30. The number of aryl methyl sites for hydroxylation is 2. The van der Waals surface area contributed by atoms with E-state index in [1.807, 2.05) is 26.8 Å². The van der Waals surface area contributed by atoms with Crippen molar-refractivity contribution in [2.24, 2.45) is 0 Å². The van der Waals surface area contributed by atoms with Crippen LogP contribution in [0.1, 0.15) is 24.9 Å². The molecule has 0 aromatic carbocycles. The van der Waals surface area contributed by atoms with Crippen molar-refractivity contribution in [2.75, 3.05) is 37.6 Å². The molecule has 1 aromatic heterocycles. The maximum Gasteiger partial charge on any atom is 0.247 e. The second-order valence-corrected chi connectivity index (χ2v) is 6.13. The Balaban J connectivity index is 1.65. The van der Waals surface area contributed by atoms with Crippen molar-refractivity contribution in [1.29, 1.82) is 0 Å². The van der Waals surface area contributed by atoms with Gasteiger partial charge in [0.25, 0.3) is 0 Å². The predicted octanol–water partition coefficient (Wildman–Crippen LogP) is 0.363. The van der Waals surface area contributed by atoms with Gasteiger partial charge in [-0.1, -0.05) is 0 Å². The predicted molar refractivity (Wildman–Crippen MR) is 86.1 cm³/mol. The number of likely N-dealkylation sites (tertiary alicyclic amines) is 1. The summed E-state index contributed by atoms with van der Waals surface area (Å²) in [6.45, 7) is 9.32. The number of likely N-dealkylation sites (N-methyl/N-ethyl adjacent to an activating group) is 1. The van der Waals surface area contributed by atoms with Gasteiger partial charge >= 0.3 is 0 Å². The first-order valence-corrected chi connectivity index (χ1v) is 8.15. The minimum absolute atomic E-state index is 0.0420. The van der Waals surface area contributed by atoms with Gasteiger partial charge in [0.05, 0.1) is 12.5 Å². The molecule has 7 heteroatoms. The molecule has 2 aliphatic rings. The second-order valence-electron chi connectivity index (χ2n) is 6.13. The van der Waals surface area contributed by atoms with Crippen molar-refractivity contribution < 1.29 is 9.59 Å². The zero-order valence-electron chi connectivity index (χ0n) is 13.9. The number of piperazine rings is 1. The minimum atomic E-state index is -0.279. The summed E-state index contributed by atoms with van der Waals surface area (Å²) in [5.41, 5.74) is 0.963. The summed E-state index contributed by atoms with van der Waals surface area (Å²) in [5.74, 6) is 1.63. The molecule has 2 saturated heterocycles. The number of carbonyl (C=O) groups excluding carboxylic acids is 2. The normalized spacial score (nSPS) is 23.0. The summed E-state index contributed by atoms with van der Waals surface area (Å²) >= 11 is 0. The Bertz CT molecular complexity index is 605. The van der Waals surface area contributed by atoms with Gasteiger partial charge in [-0.15, -0.1) is 0 Å². The van der Waals surface area contributed by atoms with E-state index in [2.05, 4.69) is 19.8 Å². The summed E-state index contributed by atoms with van der Waals surface area (Å²) in [6, 6.07) is 1.71. The zero-order chi connectivity index (χ0) is 16.6. The van der Waals surface area contributed by atoms with E-state index >= 15 is 0 Å². The number of amides is 2. The Morgan fingerprint density at radius 2 is 1.83 bits per heavy atom. The Labute approximate surface area is 136 Å². The number of nitrogens with zero attached hydrogens (tertiary/aromatic N) is 5. The van der Waals surface area contributed by atoms with Crippen molar-refractivity contribution in [3.8, 4) is 0 Å². The largest absolute Gasteiger partial charge is 0.354 e. The lowest BCUT2D eigenvalue weighted by Crippen LogP contribution is -2.52. The highest BCUT2D eigenvalue weighted by molar-refractivity contribution is 6.05. The Morgan fingerprint density at radius 3 is 2.39 bits per heavy atom. The van der Waals surface area contributed by atoms with Gasteiger partial charge in [0.15, 0.2) is 0 Å². The van der Waals surface area contributed by atoms with Gasteiger partial charge in [0, 0.05) is 44.5 Å². The number of imide groups is 1. The third-order valence-electron chi connectivity index (χ3n) is 4.57. The lowest BCUT2D eigenvalue weighted by Gasteiger charge is -2.37. The molecular weight excluding hydrogens is 294 g/mol. The van der Waals surface area contributed by atoms with E-state index in [-0.39, 0.29) is 17.9 Å². The molecule has 124 valence electrons. The van der Waals surface area contributed by atoms with E-state index in [1.54, 1.807) is 0 Å². The van der Waals surface area contributed by atoms with Gasteiger partial charge in [0.2, 0.25) is 11.8 Å². The Hall–Kier alpha value is -2.02. The smallest absolute Gasteiger partial charge is 0.247 e. The van der Waals surface area contributed by atoms with E-state index in [1.165, 1.54) is 4.90 Å². The summed E-state index contributed by atoms with van der Waals surface area (Å²) < 4.78 is 0. The van der Waals surface area contributed by atoms with Crippen molar-refractivity contribution in [2.45, 2.75) is 33.2 Å². The molecule has 2 aliphatic heterocycles. The molecule has 2 fully saturated rings. The highest BCUT2D eigenvalue weighted by Gasteiger charge is 2.41. The van der Waals surface area contributed by atoms with Crippen LogP contribution >= 0.6 is 0 Å². The number of aromatic nitrogens is 2. The van der Waals surface area contributed by atoms with Crippen LogP contribution in [0.15, 0.2) is 6.07 Å². The van der Waals surface area contributed by atoms with E-state index in [0.717, 1.165) is 43.5 Å². The molecule has 0 N–H and O–H groups in total. The van der Waals surface area contributed by atoms with Gasteiger partial charge in [0.1, 0.15) is 11.6 Å². The second kappa shape index (κ2) is 6.23. The Morgan fingerprint density at radius 1 is 1.13 bits per heavy atom. The summed E-state index contributed by atoms with van der Waals surface area (Å²) in [4.78, 5) is 38.7. The van der Waals surface area contributed by atoms with Crippen LogP contribution in [0.5, 0.6) is 0 Å². The van der Waals surface area contributed by atoms with Crippen LogP contribution in [-0.2, 0) is 9.59 Å². The molecule has 0 saturated carbocycles. The molecule has 2 amide bonds. The van der Waals surface area contributed by atoms with Crippen molar-refractivity contribution in [3.63, 3.8) is 0 Å². The van der Waals surface area contributed by atoms with Crippen LogP contribution in [-0.4, -0.2) is 70.3 Å². The molecule has 0 bridgehead atoms. The molecule has 1 atom stereocenters. The summed E-state index contributed by atoms with van der Waals surface area (Å²) in [5, 5.41) is 0. The number of rotatable bonds is 3. The SMILES string of the molecule is CCN1C(=O)CC(N2CCN(c3cc(C)nc(C)n3)CC2)C1=O. The topological polar surface area (TPSA) is 69.6 Å². The van der Waals surface area contributed by atoms with Gasteiger partial charge < -0.3 is 4.90 Å². The summed E-state index contributed by atoms with van der Waals surface area (Å²) in [7, 11) is 0.